The highest BCUT2D eigenvalue weighted by molar-refractivity contribution is 7.80. The van der Waals surface area contributed by atoms with Gasteiger partial charge in [0.05, 0.1) is 7.11 Å². The molecule has 0 aromatic heterocycles. The summed E-state index contributed by atoms with van der Waals surface area (Å²) in [5.41, 5.74) is 0. The first-order valence-electron chi connectivity index (χ1n) is 3.09. The van der Waals surface area contributed by atoms with E-state index in [1.54, 1.807) is 0 Å². The zero-order valence-electron chi connectivity index (χ0n) is 6.07. The van der Waals surface area contributed by atoms with E-state index in [1.165, 1.54) is 7.11 Å². The topological polar surface area (TPSA) is 9.23 Å². The molecule has 0 aliphatic rings. The van der Waals surface area contributed by atoms with Crippen molar-refractivity contribution in [1.29, 1.82) is 0 Å². The van der Waals surface area contributed by atoms with Crippen molar-refractivity contribution in [2.75, 3.05) is 7.11 Å². The molecule has 0 fully saturated rings. The zero-order chi connectivity index (χ0) is 8.91. The molecular weight excluding hydrogens is 177 g/mol. The molecule has 1 nitrogen and oxygen atoms in total. The Balaban J connectivity index is 3.35. The van der Waals surface area contributed by atoms with E-state index >= 15 is 0 Å². The van der Waals surface area contributed by atoms with Crippen molar-refractivity contribution in [2.24, 2.45) is 0 Å². The Morgan fingerprint density at radius 1 is 1.45 bits per heavy atom. The van der Waals surface area contributed by atoms with Crippen molar-refractivity contribution < 1.29 is 17.9 Å². The molecule has 0 saturated heterocycles. The largest absolute Gasteiger partial charge is 0.490 e. The summed E-state index contributed by atoms with van der Waals surface area (Å²) in [6.07, 6.45) is -4.67. The lowest BCUT2D eigenvalue weighted by molar-refractivity contribution is -0.135. The van der Waals surface area contributed by atoms with Crippen molar-refractivity contribution >= 4 is 17.3 Å². The van der Waals surface area contributed by atoms with Crippen LogP contribution < -0.4 is 0 Å². The summed E-state index contributed by atoms with van der Waals surface area (Å²) in [5, 5.41) is 0.231. The molecule has 0 aliphatic carbocycles. The van der Waals surface area contributed by atoms with E-state index in [9.17, 15) is 13.2 Å². The fraction of sp³-hybridized carbons (Fsp3) is 0.833. The second-order valence-electron chi connectivity index (χ2n) is 2.04. The van der Waals surface area contributed by atoms with Crippen molar-refractivity contribution in [1.82, 2.24) is 0 Å². The number of halogens is 3. The molecule has 0 heterocycles. The molecule has 0 bridgehead atoms. The van der Waals surface area contributed by atoms with E-state index in [1.807, 2.05) is 0 Å². The molecule has 0 aromatic carbocycles. The minimum absolute atomic E-state index is 0.0101. The molecule has 0 unspecified atom stereocenters. The van der Waals surface area contributed by atoms with E-state index in [0.29, 0.717) is 0 Å². The van der Waals surface area contributed by atoms with Gasteiger partial charge in [0.25, 0.3) is 0 Å². The molecule has 0 amide bonds. The monoisotopic (exact) mass is 186 g/mol. The van der Waals surface area contributed by atoms with Crippen LogP contribution in [0.3, 0.4) is 0 Å². The SMILES string of the molecule is COC(=S)CCCC(F)(F)F. The number of alkyl halides is 3. The Labute approximate surface area is 68.5 Å². The van der Waals surface area contributed by atoms with Gasteiger partial charge in [-0.1, -0.05) is 0 Å². The van der Waals surface area contributed by atoms with Crippen LogP contribution in [-0.4, -0.2) is 18.3 Å². The predicted octanol–water partition coefficient (Wildman–Crippen LogP) is 2.69. The molecule has 11 heavy (non-hydrogen) atoms. The highest BCUT2D eigenvalue weighted by Gasteiger charge is 2.26. The number of ether oxygens (including phenoxy) is 1. The van der Waals surface area contributed by atoms with E-state index in [4.69, 9.17) is 0 Å². The third-order valence-electron chi connectivity index (χ3n) is 1.07. The minimum atomic E-state index is -4.08. The first-order chi connectivity index (χ1) is 4.95. The van der Waals surface area contributed by atoms with Crippen molar-refractivity contribution in [3.63, 3.8) is 0 Å². The van der Waals surface area contributed by atoms with Gasteiger partial charge in [0, 0.05) is 12.8 Å². The van der Waals surface area contributed by atoms with Gasteiger partial charge in [0.2, 0.25) is 0 Å². The predicted molar refractivity (Wildman–Crippen MR) is 39.5 cm³/mol. The van der Waals surface area contributed by atoms with Crippen LogP contribution >= 0.6 is 12.2 Å². The van der Waals surface area contributed by atoms with Gasteiger partial charge < -0.3 is 4.74 Å². The summed E-state index contributed by atoms with van der Waals surface area (Å²) in [6, 6.07) is 0. The van der Waals surface area contributed by atoms with Gasteiger partial charge in [-0.15, -0.1) is 0 Å². The normalized spacial score (nSPS) is 11.3. The van der Waals surface area contributed by atoms with Crippen LogP contribution in [0.5, 0.6) is 0 Å². The molecule has 5 heteroatoms. The first kappa shape index (κ1) is 10.7. The quantitative estimate of drug-likeness (QED) is 0.627. The van der Waals surface area contributed by atoms with Crippen molar-refractivity contribution in [3.05, 3.63) is 0 Å². The highest BCUT2D eigenvalue weighted by Crippen LogP contribution is 2.22. The second-order valence-corrected chi connectivity index (χ2v) is 2.50. The smallest absolute Gasteiger partial charge is 0.389 e. The Morgan fingerprint density at radius 3 is 2.36 bits per heavy atom. The third kappa shape index (κ3) is 7.58. The average Bonchev–Trinajstić information content (AvgIpc) is 1.85. The van der Waals surface area contributed by atoms with Crippen molar-refractivity contribution in [2.45, 2.75) is 25.4 Å². The zero-order valence-corrected chi connectivity index (χ0v) is 6.89. The van der Waals surface area contributed by atoms with Crippen LogP contribution in [0.15, 0.2) is 0 Å². The lowest BCUT2D eigenvalue weighted by Gasteiger charge is -2.05. The molecule has 0 saturated carbocycles. The summed E-state index contributed by atoms with van der Waals surface area (Å²) in [5.74, 6) is 0. The minimum Gasteiger partial charge on any atom is -0.490 e. The second kappa shape index (κ2) is 4.54. The molecule has 0 atom stereocenters. The Bertz CT molecular complexity index is 132. The average molecular weight is 186 g/mol. The van der Waals surface area contributed by atoms with Crippen LogP contribution in [0.1, 0.15) is 19.3 Å². The fourth-order valence-corrected chi connectivity index (χ4v) is 0.680. The van der Waals surface area contributed by atoms with Gasteiger partial charge in [-0.25, -0.2) is 0 Å². The van der Waals surface area contributed by atoms with Crippen LogP contribution in [0.4, 0.5) is 13.2 Å². The summed E-state index contributed by atoms with van der Waals surface area (Å²) in [4.78, 5) is 0. The van der Waals surface area contributed by atoms with Gasteiger partial charge in [-0.05, 0) is 18.6 Å². The molecule has 0 aromatic rings. The number of rotatable bonds is 3. The van der Waals surface area contributed by atoms with Crippen LogP contribution in [-0.2, 0) is 4.74 Å². The Hall–Kier alpha value is -0.320. The van der Waals surface area contributed by atoms with Crippen LogP contribution in [0, 0.1) is 0 Å². The van der Waals surface area contributed by atoms with Gasteiger partial charge in [-0.2, -0.15) is 13.2 Å². The molecule has 0 aliphatic heterocycles. The van der Waals surface area contributed by atoms with Gasteiger partial charge in [0.15, 0.2) is 5.05 Å². The highest BCUT2D eigenvalue weighted by atomic mass is 32.1. The van der Waals surface area contributed by atoms with Crippen LogP contribution in [0.2, 0.25) is 0 Å². The molecule has 66 valence electrons. The van der Waals surface area contributed by atoms with E-state index in [2.05, 4.69) is 17.0 Å². The molecule has 0 radical (unpaired) electrons. The summed E-state index contributed by atoms with van der Waals surface area (Å²) in [6.45, 7) is 0. The number of hydrogen-bond acceptors (Lipinski definition) is 2. The maximum atomic E-state index is 11.5. The first-order valence-corrected chi connectivity index (χ1v) is 3.50. The summed E-state index contributed by atoms with van der Waals surface area (Å²) >= 11 is 4.55. The summed E-state index contributed by atoms with van der Waals surface area (Å²) < 4.78 is 39.1. The summed E-state index contributed by atoms with van der Waals surface area (Å²) in [7, 11) is 1.36. The van der Waals surface area contributed by atoms with Crippen LogP contribution in [0.25, 0.3) is 0 Å². The van der Waals surface area contributed by atoms with Gasteiger partial charge in [0.1, 0.15) is 0 Å². The van der Waals surface area contributed by atoms with Gasteiger partial charge >= 0.3 is 6.18 Å². The van der Waals surface area contributed by atoms with E-state index in [-0.39, 0.29) is 17.9 Å². The standard InChI is InChI=1S/C6H9F3OS/c1-10-5(11)3-2-4-6(7,8)9/h2-4H2,1H3. The maximum Gasteiger partial charge on any atom is 0.389 e. The number of methoxy groups -OCH3 is 1. The van der Waals surface area contributed by atoms with Crippen molar-refractivity contribution in [3.8, 4) is 0 Å². The Kier molecular flexibility index (Phi) is 4.40. The lowest BCUT2D eigenvalue weighted by Crippen LogP contribution is -2.08. The fourth-order valence-electron chi connectivity index (χ4n) is 0.535. The maximum absolute atomic E-state index is 11.5. The van der Waals surface area contributed by atoms with Gasteiger partial charge in [-0.3, -0.25) is 0 Å². The Morgan fingerprint density at radius 2 is 2.00 bits per heavy atom. The lowest BCUT2D eigenvalue weighted by atomic mass is 10.2. The molecule has 0 N–H and O–H groups in total. The number of thiocarbonyl (C=S) groups is 1. The molecular formula is C6H9F3OS. The molecule has 0 rings (SSSR count). The van der Waals surface area contributed by atoms with E-state index < -0.39 is 12.6 Å². The van der Waals surface area contributed by atoms with E-state index in [0.717, 1.165) is 0 Å². The number of hydrogen-bond donors (Lipinski definition) is 0. The third-order valence-corrected chi connectivity index (χ3v) is 1.44. The molecule has 0 spiro atoms.